The molecule has 46 heteroatoms. The number of phenols is 1. The molecule has 1 aliphatic heterocycles. The number of aliphatic hydroxyl groups excluding tert-OH is 1. The minimum atomic E-state index is -2.09. The number of amides is 16. The van der Waals surface area contributed by atoms with Crippen LogP contribution in [0.25, 0.3) is 0 Å². The number of nitrogens with two attached hydrogens (primary N) is 1. The van der Waals surface area contributed by atoms with Crippen LogP contribution in [0.4, 0.5) is 0 Å². The molecule has 0 unspecified atom stereocenters. The maximum Gasteiger partial charge on any atom is 0.326 e. The van der Waals surface area contributed by atoms with Crippen LogP contribution in [0.3, 0.4) is 0 Å². The van der Waals surface area contributed by atoms with Gasteiger partial charge >= 0.3 is 29.8 Å². The highest BCUT2D eigenvalue weighted by Gasteiger charge is 2.43. The lowest BCUT2D eigenvalue weighted by Crippen LogP contribution is -2.69. The number of hydrogen-bond donors (Lipinski definition) is 23. The number of rotatable bonds is 60. The number of likely N-dealkylation sites (tertiary alicyclic amines) is 1. The van der Waals surface area contributed by atoms with E-state index < -0.39 is 298 Å². The molecule has 26 N–H and O–H groups in total. The lowest BCUT2D eigenvalue weighted by Gasteiger charge is -2.30. The average Bonchev–Trinajstić information content (AvgIpc) is 1.72. The number of carboxylic acids is 5. The molecule has 1 saturated heterocycles. The molecule has 1 aromatic rings. The van der Waals surface area contributed by atoms with E-state index in [2.05, 4.69) is 80.2 Å². The zero-order chi connectivity index (χ0) is 96.4. The molecule has 1 fully saturated rings. The number of nitrogens with one attached hydrogen (secondary N) is 14. The number of thioether (sulfide) groups is 1. The minimum absolute atomic E-state index is 0.00895. The second-order valence-corrected chi connectivity index (χ2v) is 33.7. The molecule has 0 spiro atoms. The minimum Gasteiger partial charge on any atom is -0.508 e. The number of benzene rings is 1. The first kappa shape index (κ1) is 111. The topological polar surface area (TPSA) is 725 Å². The van der Waals surface area contributed by atoms with E-state index in [0.717, 1.165) is 4.90 Å². The van der Waals surface area contributed by atoms with Gasteiger partial charge in [-0.05, 0) is 124 Å². The Kier molecular flexibility index (Phi) is 49.3. The van der Waals surface area contributed by atoms with Crippen LogP contribution in [0.1, 0.15) is 191 Å². The normalized spacial score (nSPS) is 16.2. The van der Waals surface area contributed by atoms with Gasteiger partial charge in [-0.1, -0.05) is 94.2 Å². The fraction of sp³-hybridized carbons (Fsp3) is 0.667. The highest BCUT2D eigenvalue weighted by Crippen LogP contribution is 2.22. The van der Waals surface area contributed by atoms with Gasteiger partial charge < -0.3 is 127 Å². The van der Waals surface area contributed by atoms with Crippen molar-refractivity contribution in [3.8, 4) is 5.75 Å². The number of hydrogen-bond acceptors (Lipinski definition) is 24. The quantitative estimate of drug-likeness (QED) is 0.0292. The first-order chi connectivity index (χ1) is 59.5. The summed E-state index contributed by atoms with van der Waals surface area (Å²) in [4.78, 5) is 284. The number of aliphatic carboxylic acids is 5. The van der Waals surface area contributed by atoms with Crippen molar-refractivity contribution in [2.45, 2.75) is 282 Å². The predicted molar refractivity (Wildman–Crippen MR) is 453 cm³/mol. The van der Waals surface area contributed by atoms with E-state index in [-0.39, 0.29) is 68.6 Å². The SMILES string of the molecule is CC[C@H](C)[C@H](NC(=O)[C@@H](NC(=O)[C@H](CC(C)C)NC(=O)[C@H](CCC(=O)O)NC(=O)[C@H](CCC(=O)O)NC(=O)[C@H](CCC(N)=O)NC(=O)[C@@H]1CCCN1C(=O)[C@H](CC(=O)O)NC(=O)[C@H](CO)NC(=O)CNC(=O)[C@H](Cc1ccc(O)cc1)NC(=O)[C@H](CC(C)C)NC(=O)[C@H](CCC(=O)O)NC(=O)[C@H](C)NC(=O)[C@H](CC(C)C)NC(=O)[C@@H]([NH3+])CCSC)[C@@H](C)CC)C(=O)O. The van der Waals surface area contributed by atoms with Crippen molar-refractivity contribution in [3.63, 3.8) is 0 Å². The summed E-state index contributed by atoms with van der Waals surface area (Å²) in [5.41, 5.74) is 9.62. The second kappa shape index (κ2) is 56.3. The number of phenolic OH excluding ortho intramolecular Hbond substituents is 1. The Morgan fingerprint density at radius 2 is 0.843 bits per heavy atom. The van der Waals surface area contributed by atoms with Gasteiger partial charge in [0.1, 0.15) is 90.3 Å². The van der Waals surface area contributed by atoms with Crippen LogP contribution in [0.5, 0.6) is 5.75 Å². The standard InChI is InChI=1S/C81H129N17O28S/c1-13-42(9)65(79(123)97-66(81(125)126)43(10)14-2)96-76(120)54(34-41(7)8)93-73(117)51(24-28-63(107)108)89-71(115)50(23-27-62(105)106)88-70(114)48(21-25-59(83)101)90-78(122)58-16-15-30-98(58)80(124)56(36-64(109)110)95-77(121)57(38-99)86-60(102)37-84-69(113)55(35-45-17-19-46(100)20-18-45)94-75(119)53(33-40(5)6)92-72(116)49(22-26-61(103)104)87-67(111)44(11)85-74(118)52(32-39(3)4)91-68(112)47(82)29-31-127-12/h17-20,39-44,47-58,65-66,99-100H,13-16,21-38,82H2,1-12H3,(H2,83,101)(H,84,113)(H,85,118)(H,86,102)(H,87,111)(H,88,114)(H,89,115)(H,90,122)(H,91,112)(H,92,116)(H,93,117)(H,94,119)(H,95,121)(H,96,120)(H,97,123)(H,103,104)(H,105,106)(H,107,108)(H,109,110)(H,125,126)/p+1/t42-,43-,44-,47-,48-,49-,50-,51-,52-,53-,54-,55-,56-,57-,58-,65-,66-/m0/s1. The molecule has 1 aliphatic rings. The van der Waals surface area contributed by atoms with Crippen molar-refractivity contribution in [1.82, 2.24) is 79.3 Å². The molecule has 2 rings (SSSR count). The van der Waals surface area contributed by atoms with Gasteiger partial charge in [0, 0.05) is 45.1 Å². The molecule has 0 aliphatic carbocycles. The Morgan fingerprint density at radius 1 is 0.449 bits per heavy atom. The van der Waals surface area contributed by atoms with Crippen LogP contribution in [0, 0.1) is 29.6 Å². The van der Waals surface area contributed by atoms with Crippen LogP contribution in [-0.2, 0) is 107 Å². The number of primary amides is 1. The second-order valence-electron chi connectivity index (χ2n) is 32.7. The molecule has 1 aromatic carbocycles. The number of carbonyl (C=O) groups is 21. The van der Waals surface area contributed by atoms with Gasteiger partial charge in [-0.2, -0.15) is 11.8 Å². The monoisotopic (exact) mass is 1820 g/mol. The van der Waals surface area contributed by atoms with E-state index >= 15 is 0 Å². The molecule has 16 amide bonds. The number of aromatic hydroxyl groups is 1. The molecule has 712 valence electrons. The Balaban J connectivity index is 2.46. The Hall–Kier alpha value is -11.8. The maximum absolute atomic E-state index is 14.5. The molecule has 17 atom stereocenters. The van der Waals surface area contributed by atoms with Gasteiger partial charge in [-0.25, -0.2) is 4.79 Å². The molecule has 0 bridgehead atoms. The van der Waals surface area contributed by atoms with E-state index in [9.17, 15) is 136 Å². The molecule has 45 nitrogen and oxygen atoms in total. The summed E-state index contributed by atoms with van der Waals surface area (Å²) in [7, 11) is 0. The molecular formula is C81H130N17O28S+. The summed E-state index contributed by atoms with van der Waals surface area (Å²) in [5, 5.41) is 103. The van der Waals surface area contributed by atoms with Gasteiger partial charge in [0.15, 0.2) is 6.04 Å². The van der Waals surface area contributed by atoms with Gasteiger partial charge in [0.2, 0.25) is 88.6 Å². The van der Waals surface area contributed by atoms with Crippen molar-refractivity contribution in [2.75, 3.05) is 31.7 Å². The van der Waals surface area contributed by atoms with E-state index in [4.69, 9.17) is 5.73 Å². The van der Waals surface area contributed by atoms with Crippen molar-refractivity contribution < 1.29 is 142 Å². The van der Waals surface area contributed by atoms with Crippen molar-refractivity contribution in [2.24, 2.45) is 35.3 Å². The molecule has 1 heterocycles. The van der Waals surface area contributed by atoms with Crippen molar-refractivity contribution >= 4 is 136 Å². The molecule has 0 saturated carbocycles. The molecule has 0 aromatic heterocycles. The fourth-order valence-electron chi connectivity index (χ4n) is 13.1. The highest BCUT2D eigenvalue weighted by molar-refractivity contribution is 7.98. The average molecular weight is 1820 g/mol. The fourth-order valence-corrected chi connectivity index (χ4v) is 13.6. The zero-order valence-electron chi connectivity index (χ0n) is 73.8. The zero-order valence-corrected chi connectivity index (χ0v) is 74.6. The summed E-state index contributed by atoms with van der Waals surface area (Å²) >= 11 is 1.50. The summed E-state index contributed by atoms with van der Waals surface area (Å²) in [5.74, 6) is -26.0. The summed E-state index contributed by atoms with van der Waals surface area (Å²) in [6, 6.07) is -18.3. The molecular weight excluding hydrogens is 1690 g/mol. The predicted octanol–water partition coefficient (Wildman–Crippen LogP) is -4.63. The lowest BCUT2D eigenvalue weighted by molar-refractivity contribution is -0.404. The van der Waals surface area contributed by atoms with Gasteiger partial charge in [-0.15, -0.1) is 0 Å². The largest absolute Gasteiger partial charge is 0.508 e. The first-order valence-electron chi connectivity index (χ1n) is 42.1. The molecule has 127 heavy (non-hydrogen) atoms. The Bertz CT molecular complexity index is 3990. The Labute approximate surface area is 739 Å². The third kappa shape index (κ3) is 41.0. The third-order valence-corrected chi connectivity index (χ3v) is 21.3. The van der Waals surface area contributed by atoms with Crippen LogP contribution in [-0.4, -0.2) is 287 Å². The van der Waals surface area contributed by atoms with E-state index in [1.54, 1.807) is 69.2 Å². The van der Waals surface area contributed by atoms with Crippen LogP contribution < -0.4 is 85.9 Å². The van der Waals surface area contributed by atoms with E-state index in [1.165, 1.54) is 43.0 Å². The van der Waals surface area contributed by atoms with Gasteiger partial charge in [0.05, 0.1) is 19.6 Å². The van der Waals surface area contributed by atoms with Crippen molar-refractivity contribution in [3.05, 3.63) is 29.8 Å². The van der Waals surface area contributed by atoms with Gasteiger partial charge in [0.25, 0.3) is 5.91 Å². The highest BCUT2D eigenvalue weighted by atomic mass is 32.2. The number of nitrogens with zero attached hydrogens (tertiary/aromatic N) is 1. The molecule has 0 radical (unpaired) electrons. The number of carbonyl (C=O) groups excluding carboxylic acids is 16. The number of carboxylic acid groups (broad SMARTS) is 5. The Morgan fingerprint density at radius 3 is 1.28 bits per heavy atom. The summed E-state index contributed by atoms with van der Waals surface area (Å²) in [6.07, 6.45) is -4.56. The number of quaternary nitrogens is 1. The number of aliphatic hydroxyl groups is 1. The van der Waals surface area contributed by atoms with Crippen molar-refractivity contribution in [1.29, 1.82) is 0 Å². The van der Waals surface area contributed by atoms with E-state index in [0.29, 0.717) is 30.6 Å². The maximum atomic E-state index is 14.5. The van der Waals surface area contributed by atoms with Crippen LogP contribution in [0.2, 0.25) is 0 Å². The summed E-state index contributed by atoms with van der Waals surface area (Å²) < 4.78 is 0. The lowest BCUT2D eigenvalue weighted by atomic mass is 9.94. The smallest absolute Gasteiger partial charge is 0.326 e. The van der Waals surface area contributed by atoms with Gasteiger partial charge in [-0.3, -0.25) is 95.9 Å². The van der Waals surface area contributed by atoms with E-state index in [1.807, 2.05) is 6.26 Å². The third-order valence-electron chi connectivity index (χ3n) is 20.6. The van der Waals surface area contributed by atoms with Crippen LogP contribution >= 0.6 is 11.8 Å². The van der Waals surface area contributed by atoms with Crippen LogP contribution in [0.15, 0.2) is 24.3 Å². The first-order valence-corrected chi connectivity index (χ1v) is 43.5. The summed E-state index contributed by atoms with van der Waals surface area (Å²) in [6.45, 7) is 15.6.